The number of hydrogen-bond donors (Lipinski definition) is 2. The lowest BCUT2D eigenvalue weighted by Gasteiger charge is -2.07. The van der Waals surface area contributed by atoms with Crippen LogP contribution in [0.5, 0.6) is 0 Å². The summed E-state index contributed by atoms with van der Waals surface area (Å²) in [5, 5.41) is 15.1. The number of carboxylic acids is 1. The van der Waals surface area contributed by atoms with Gasteiger partial charge < -0.3 is 9.67 Å². The number of nitrogens with zero attached hydrogens (tertiary/aromatic N) is 3. The van der Waals surface area contributed by atoms with E-state index in [1.54, 1.807) is 36.0 Å². The molecular formula is C14H11FN4O2. The fourth-order valence-electron chi connectivity index (χ4n) is 2.07. The van der Waals surface area contributed by atoms with E-state index in [1.165, 1.54) is 12.1 Å². The molecule has 0 bridgehead atoms. The van der Waals surface area contributed by atoms with E-state index >= 15 is 0 Å². The maximum Gasteiger partial charge on any atom is 0.353 e. The molecule has 21 heavy (non-hydrogen) atoms. The molecule has 0 saturated carbocycles. The van der Waals surface area contributed by atoms with Crippen LogP contribution in [0.25, 0.3) is 16.9 Å². The molecule has 0 amide bonds. The average Bonchev–Trinajstić information content (AvgIpc) is 3.07. The Balaban J connectivity index is 2.01. The maximum absolute atomic E-state index is 14.2. The van der Waals surface area contributed by atoms with E-state index in [2.05, 4.69) is 15.2 Å². The summed E-state index contributed by atoms with van der Waals surface area (Å²) in [6.07, 6.45) is 3.26. The molecule has 7 heteroatoms. The van der Waals surface area contributed by atoms with Gasteiger partial charge in [0.2, 0.25) is 0 Å². The number of nitrogens with one attached hydrogen (secondary N) is 1. The van der Waals surface area contributed by atoms with Crippen LogP contribution in [0.15, 0.2) is 36.7 Å². The van der Waals surface area contributed by atoms with Crippen LogP contribution in [0.1, 0.15) is 16.3 Å². The zero-order valence-corrected chi connectivity index (χ0v) is 11.0. The molecule has 0 aliphatic heterocycles. The number of aromatic amines is 1. The van der Waals surface area contributed by atoms with Gasteiger partial charge in [-0.25, -0.2) is 14.2 Å². The van der Waals surface area contributed by atoms with Crippen molar-refractivity contribution in [3.63, 3.8) is 0 Å². The first-order valence-corrected chi connectivity index (χ1v) is 6.15. The first-order valence-electron chi connectivity index (χ1n) is 6.15. The molecule has 106 valence electrons. The van der Waals surface area contributed by atoms with Gasteiger partial charge in [0.25, 0.3) is 0 Å². The van der Waals surface area contributed by atoms with Crippen molar-refractivity contribution in [1.82, 2.24) is 19.7 Å². The van der Waals surface area contributed by atoms with E-state index in [1.807, 2.05) is 0 Å². The molecule has 3 rings (SSSR count). The summed E-state index contributed by atoms with van der Waals surface area (Å²) in [6.45, 7) is 1.78. The molecule has 1 aromatic carbocycles. The van der Waals surface area contributed by atoms with E-state index in [-0.39, 0.29) is 5.69 Å². The number of carboxylic acid groups (broad SMARTS) is 1. The van der Waals surface area contributed by atoms with Crippen LogP contribution in [-0.4, -0.2) is 30.8 Å². The van der Waals surface area contributed by atoms with E-state index in [0.717, 1.165) is 0 Å². The SMILES string of the molecule is Cc1nccn1-c1ccc(-c2cc(C(=O)O)[nH]n2)cc1F. The predicted octanol–water partition coefficient (Wildman–Crippen LogP) is 2.41. The second kappa shape index (κ2) is 4.86. The Bertz CT molecular complexity index is 822. The summed E-state index contributed by atoms with van der Waals surface area (Å²) in [5.74, 6) is -0.872. The van der Waals surface area contributed by atoms with Gasteiger partial charge in [-0.3, -0.25) is 5.10 Å². The van der Waals surface area contributed by atoms with Crippen LogP contribution in [-0.2, 0) is 0 Å². The first kappa shape index (κ1) is 13.0. The largest absolute Gasteiger partial charge is 0.477 e. The number of aryl methyl sites for hydroxylation is 1. The van der Waals surface area contributed by atoms with Gasteiger partial charge in [0.15, 0.2) is 0 Å². The molecule has 2 heterocycles. The summed E-state index contributed by atoms with van der Waals surface area (Å²) in [7, 11) is 0. The zero-order chi connectivity index (χ0) is 15.0. The van der Waals surface area contributed by atoms with Gasteiger partial charge in [-0.15, -0.1) is 0 Å². The Hall–Kier alpha value is -2.96. The quantitative estimate of drug-likeness (QED) is 0.774. The highest BCUT2D eigenvalue weighted by molar-refractivity contribution is 5.86. The summed E-state index contributed by atoms with van der Waals surface area (Å²) in [4.78, 5) is 14.9. The summed E-state index contributed by atoms with van der Waals surface area (Å²) < 4.78 is 15.9. The second-order valence-corrected chi connectivity index (χ2v) is 4.48. The Morgan fingerprint density at radius 3 is 2.76 bits per heavy atom. The van der Waals surface area contributed by atoms with Crippen LogP contribution < -0.4 is 0 Å². The molecule has 0 atom stereocenters. The third-order valence-electron chi connectivity index (χ3n) is 3.14. The van der Waals surface area contributed by atoms with E-state index in [4.69, 9.17) is 5.11 Å². The lowest BCUT2D eigenvalue weighted by molar-refractivity contribution is 0.0690. The Morgan fingerprint density at radius 2 is 2.19 bits per heavy atom. The monoisotopic (exact) mass is 286 g/mol. The van der Waals surface area contributed by atoms with Crippen molar-refractivity contribution in [2.24, 2.45) is 0 Å². The lowest BCUT2D eigenvalue weighted by Crippen LogP contribution is -1.99. The van der Waals surface area contributed by atoms with Crippen LogP contribution in [0.2, 0.25) is 0 Å². The van der Waals surface area contributed by atoms with E-state index in [9.17, 15) is 9.18 Å². The van der Waals surface area contributed by atoms with Crippen molar-refractivity contribution in [2.45, 2.75) is 6.92 Å². The number of H-pyrrole nitrogens is 1. The van der Waals surface area contributed by atoms with Crippen LogP contribution in [0.3, 0.4) is 0 Å². The van der Waals surface area contributed by atoms with Crippen molar-refractivity contribution in [3.8, 4) is 16.9 Å². The molecule has 0 radical (unpaired) electrons. The molecule has 0 fully saturated rings. The maximum atomic E-state index is 14.2. The van der Waals surface area contributed by atoms with Gasteiger partial charge in [0, 0.05) is 18.0 Å². The number of aromatic carboxylic acids is 1. The minimum absolute atomic E-state index is 0.0417. The normalized spacial score (nSPS) is 10.8. The van der Waals surface area contributed by atoms with Gasteiger partial charge in [-0.05, 0) is 25.1 Å². The third-order valence-corrected chi connectivity index (χ3v) is 3.14. The van der Waals surface area contributed by atoms with E-state index in [0.29, 0.717) is 22.8 Å². The predicted molar refractivity (Wildman–Crippen MR) is 72.8 cm³/mol. The Kier molecular flexibility index (Phi) is 3.02. The molecule has 6 nitrogen and oxygen atoms in total. The molecule has 0 spiro atoms. The highest BCUT2D eigenvalue weighted by atomic mass is 19.1. The Labute approximate surface area is 118 Å². The van der Waals surface area contributed by atoms with Gasteiger partial charge in [0.1, 0.15) is 17.3 Å². The molecule has 2 aromatic heterocycles. The molecule has 2 N–H and O–H groups in total. The van der Waals surface area contributed by atoms with Gasteiger partial charge in [0.05, 0.1) is 11.4 Å². The highest BCUT2D eigenvalue weighted by Crippen LogP contribution is 2.23. The minimum atomic E-state index is -1.11. The molecule has 0 aliphatic carbocycles. The molecule has 0 aliphatic rings. The van der Waals surface area contributed by atoms with Crippen molar-refractivity contribution >= 4 is 5.97 Å². The number of hydrogen-bond acceptors (Lipinski definition) is 3. The summed E-state index contributed by atoms with van der Waals surface area (Å²) in [5.41, 5.74) is 1.21. The summed E-state index contributed by atoms with van der Waals surface area (Å²) in [6, 6.07) is 5.96. The molecular weight excluding hydrogens is 275 g/mol. The van der Waals surface area contributed by atoms with Crippen LogP contribution >= 0.6 is 0 Å². The smallest absolute Gasteiger partial charge is 0.353 e. The number of benzene rings is 1. The number of rotatable bonds is 3. The zero-order valence-electron chi connectivity index (χ0n) is 11.0. The fraction of sp³-hybridized carbons (Fsp3) is 0.0714. The van der Waals surface area contributed by atoms with Gasteiger partial charge >= 0.3 is 5.97 Å². The molecule has 0 saturated heterocycles. The molecule has 3 aromatic rings. The number of carbonyl (C=O) groups is 1. The summed E-state index contributed by atoms with van der Waals surface area (Å²) >= 11 is 0. The number of imidazole rings is 1. The van der Waals surface area contributed by atoms with E-state index < -0.39 is 11.8 Å². The second-order valence-electron chi connectivity index (χ2n) is 4.48. The molecule has 0 unspecified atom stereocenters. The van der Waals surface area contributed by atoms with Crippen molar-refractivity contribution in [1.29, 1.82) is 0 Å². The number of aromatic nitrogens is 4. The lowest BCUT2D eigenvalue weighted by atomic mass is 10.1. The minimum Gasteiger partial charge on any atom is -0.477 e. The first-order chi connectivity index (χ1) is 10.1. The van der Waals surface area contributed by atoms with Gasteiger partial charge in [-0.2, -0.15) is 5.10 Å². The van der Waals surface area contributed by atoms with Crippen molar-refractivity contribution < 1.29 is 14.3 Å². The topological polar surface area (TPSA) is 83.8 Å². The number of halogens is 1. The van der Waals surface area contributed by atoms with Crippen molar-refractivity contribution in [3.05, 3.63) is 54.0 Å². The fourth-order valence-corrected chi connectivity index (χ4v) is 2.07. The highest BCUT2D eigenvalue weighted by Gasteiger charge is 2.12. The Morgan fingerprint density at radius 1 is 1.38 bits per heavy atom. The van der Waals surface area contributed by atoms with Crippen LogP contribution in [0, 0.1) is 12.7 Å². The third kappa shape index (κ3) is 2.29. The standard InChI is InChI=1S/C14H11FN4O2/c1-8-16-4-5-19(8)13-3-2-9(6-10(13)15)11-7-12(14(20)21)18-17-11/h2-7H,1H3,(H,17,18)(H,20,21). The van der Waals surface area contributed by atoms with Gasteiger partial charge in [-0.1, -0.05) is 6.07 Å². The van der Waals surface area contributed by atoms with Crippen molar-refractivity contribution in [2.75, 3.05) is 0 Å². The average molecular weight is 286 g/mol. The van der Waals surface area contributed by atoms with Crippen LogP contribution in [0.4, 0.5) is 4.39 Å².